The Morgan fingerprint density at radius 3 is 2.61 bits per heavy atom. The molecular formula is C23H23N5O2S. The van der Waals surface area contributed by atoms with Gasteiger partial charge in [0.15, 0.2) is 5.69 Å². The number of aromatic nitrogens is 3. The van der Waals surface area contributed by atoms with Crippen LogP contribution >= 0.6 is 11.8 Å². The van der Waals surface area contributed by atoms with Gasteiger partial charge in [0, 0.05) is 43.6 Å². The van der Waals surface area contributed by atoms with Crippen LogP contribution in [-0.4, -0.2) is 40.9 Å². The van der Waals surface area contributed by atoms with Gasteiger partial charge in [0.25, 0.3) is 0 Å². The van der Waals surface area contributed by atoms with Crippen molar-refractivity contribution >= 4 is 29.0 Å². The Labute approximate surface area is 185 Å². The molecular weight excluding hydrogens is 410 g/mol. The van der Waals surface area contributed by atoms with E-state index in [1.54, 1.807) is 11.0 Å². The first-order valence-corrected chi connectivity index (χ1v) is 10.8. The van der Waals surface area contributed by atoms with E-state index in [2.05, 4.69) is 21.8 Å². The van der Waals surface area contributed by atoms with E-state index in [1.807, 2.05) is 67.5 Å². The molecule has 8 heteroatoms. The van der Waals surface area contributed by atoms with Crippen LogP contribution in [0, 0.1) is 0 Å². The summed E-state index contributed by atoms with van der Waals surface area (Å²) in [5, 5.41) is 9.12. The number of thioether (sulfide) groups is 1. The monoisotopic (exact) mass is 433 g/mol. The van der Waals surface area contributed by atoms with Gasteiger partial charge in [-0.3, -0.25) is 9.69 Å². The van der Waals surface area contributed by atoms with E-state index < -0.39 is 6.23 Å². The van der Waals surface area contributed by atoms with Crippen molar-refractivity contribution in [3.8, 4) is 17.1 Å². The van der Waals surface area contributed by atoms with E-state index in [1.165, 1.54) is 18.7 Å². The van der Waals surface area contributed by atoms with Gasteiger partial charge in [-0.1, -0.05) is 48.2 Å². The molecule has 0 saturated heterocycles. The number of benzene rings is 2. The van der Waals surface area contributed by atoms with Crippen molar-refractivity contribution < 1.29 is 9.53 Å². The van der Waals surface area contributed by atoms with Crippen LogP contribution in [0.5, 0.6) is 5.88 Å². The number of rotatable bonds is 5. The van der Waals surface area contributed by atoms with Crippen LogP contribution in [-0.2, 0) is 4.79 Å². The Morgan fingerprint density at radius 1 is 1.19 bits per heavy atom. The van der Waals surface area contributed by atoms with Gasteiger partial charge < -0.3 is 9.64 Å². The molecule has 0 radical (unpaired) electrons. The van der Waals surface area contributed by atoms with Gasteiger partial charge >= 0.3 is 0 Å². The lowest BCUT2D eigenvalue weighted by atomic mass is 10.1. The SMILES string of the molecule is C=CCSc1nnc2c(n1)OC(c1ccc(N(C)C)cc1)N(C(C)=O)c1ccccc1-2. The third kappa shape index (κ3) is 4.11. The summed E-state index contributed by atoms with van der Waals surface area (Å²) >= 11 is 1.42. The zero-order valence-corrected chi connectivity index (χ0v) is 18.5. The fraction of sp³-hybridized carbons (Fsp3) is 0.217. The number of amides is 1. The van der Waals surface area contributed by atoms with E-state index in [-0.39, 0.29) is 5.91 Å². The molecule has 1 aromatic heterocycles. The highest BCUT2D eigenvalue weighted by Gasteiger charge is 2.34. The molecule has 4 rings (SSSR count). The predicted octanol–water partition coefficient (Wildman–Crippen LogP) is 4.33. The molecule has 158 valence electrons. The first kappa shape index (κ1) is 20.9. The lowest BCUT2D eigenvalue weighted by Crippen LogP contribution is -2.36. The molecule has 1 atom stereocenters. The highest BCUT2D eigenvalue weighted by atomic mass is 32.2. The number of ether oxygens (including phenoxy) is 1. The van der Waals surface area contributed by atoms with Crippen molar-refractivity contribution in [2.45, 2.75) is 18.3 Å². The average Bonchev–Trinajstić information content (AvgIpc) is 2.92. The molecule has 2 heterocycles. The van der Waals surface area contributed by atoms with Gasteiger partial charge in [0.1, 0.15) is 0 Å². The molecule has 0 N–H and O–H groups in total. The summed E-state index contributed by atoms with van der Waals surface area (Å²) in [5.41, 5.74) is 3.86. The van der Waals surface area contributed by atoms with Gasteiger partial charge in [0.2, 0.25) is 23.2 Å². The van der Waals surface area contributed by atoms with Crippen molar-refractivity contribution in [3.05, 3.63) is 66.7 Å². The smallest absolute Gasteiger partial charge is 0.247 e. The van der Waals surface area contributed by atoms with Gasteiger partial charge in [0.05, 0.1) is 5.69 Å². The molecule has 1 unspecified atom stereocenters. The fourth-order valence-corrected chi connectivity index (χ4v) is 3.91. The van der Waals surface area contributed by atoms with Crippen LogP contribution in [0.4, 0.5) is 11.4 Å². The van der Waals surface area contributed by atoms with Crippen LogP contribution in [0.2, 0.25) is 0 Å². The molecule has 3 aromatic rings. The summed E-state index contributed by atoms with van der Waals surface area (Å²) < 4.78 is 6.36. The molecule has 7 nitrogen and oxygen atoms in total. The minimum absolute atomic E-state index is 0.142. The maximum atomic E-state index is 12.8. The average molecular weight is 434 g/mol. The summed E-state index contributed by atoms with van der Waals surface area (Å²) in [5.74, 6) is 0.863. The maximum Gasteiger partial charge on any atom is 0.247 e. The zero-order valence-electron chi connectivity index (χ0n) is 17.6. The molecule has 2 aromatic carbocycles. The van der Waals surface area contributed by atoms with E-state index in [0.717, 1.165) is 16.8 Å². The summed E-state index contributed by atoms with van der Waals surface area (Å²) in [6.45, 7) is 5.26. The molecule has 1 aliphatic heterocycles. The topological polar surface area (TPSA) is 71.5 Å². The number of hydrogen-bond donors (Lipinski definition) is 0. The predicted molar refractivity (Wildman–Crippen MR) is 123 cm³/mol. The number of anilines is 2. The van der Waals surface area contributed by atoms with E-state index in [4.69, 9.17) is 4.74 Å². The van der Waals surface area contributed by atoms with Crippen molar-refractivity contribution in [2.24, 2.45) is 0 Å². The fourth-order valence-electron chi connectivity index (χ4n) is 3.40. The lowest BCUT2D eigenvalue weighted by molar-refractivity contribution is -0.118. The summed E-state index contributed by atoms with van der Waals surface area (Å²) in [7, 11) is 3.97. The second-order valence-electron chi connectivity index (χ2n) is 7.21. The second kappa shape index (κ2) is 8.77. The molecule has 0 saturated carbocycles. The highest BCUT2D eigenvalue weighted by molar-refractivity contribution is 7.99. The quantitative estimate of drug-likeness (QED) is 0.438. The second-order valence-corrected chi connectivity index (χ2v) is 8.20. The van der Waals surface area contributed by atoms with Crippen LogP contribution < -0.4 is 14.5 Å². The highest BCUT2D eigenvalue weighted by Crippen LogP contribution is 2.43. The summed E-state index contributed by atoms with van der Waals surface area (Å²) in [6, 6.07) is 15.5. The van der Waals surface area contributed by atoms with Gasteiger partial charge in [-0.25, -0.2) is 0 Å². The normalized spacial score (nSPS) is 14.7. The third-order valence-corrected chi connectivity index (χ3v) is 5.71. The Hall–Kier alpha value is -3.39. The third-order valence-electron chi connectivity index (χ3n) is 4.88. The molecule has 1 amide bonds. The minimum atomic E-state index is -0.690. The van der Waals surface area contributed by atoms with Gasteiger partial charge in [-0.2, -0.15) is 4.98 Å². The van der Waals surface area contributed by atoms with Crippen LogP contribution in [0.25, 0.3) is 11.3 Å². The van der Waals surface area contributed by atoms with Crippen molar-refractivity contribution in [1.82, 2.24) is 15.2 Å². The molecule has 0 aliphatic carbocycles. The largest absolute Gasteiger partial charge is 0.447 e. The van der Waals surface area contributed by atoms with E-state index in [9.17, 15) is 4.79 Å². The van der Waals surface area contributed by atoms with Crippen molar-refractivity contribution in [1.29, 1.82) is 0 Å². The molecule has 31 heavy (non-hydrogen) atoms. The van der Waals surface area contributed by atoms with Gasteiger partial charge in [-0.15, -0.1) is 16.8 Å². The van der Waals surface area contributed by atoms with Gasteiger partial charge in [-0.05, 0) is 18.2 Å². The first-order valence-electron chi connectivity index (χ1n) is 9.81. The van der Waals surface area contributed by atoms with E-state index in [0.29, 0.717) is 28.2 Å². The summed E-state index contributed by atoms with van der Waals surface area (Å²) in [6.07, 6.45) is 1.09. The Bertz CT molecular complexity index is 1120. The number of nitrogens with zero attached hydrogens (tertiary/aromatic N) is 5. The van der Waals surface area contributed by atoms with Crippen LogP contribution in [0.1, 0.15) is 18.7 Å². The van der Waals surface area contributed by atoms with Crippen LogP contribution in [0.3, 0.4) is 0 Å². The number of para-hydroxylation sites is 1. The van der Waals surface area contributed by atoms with Crippen molar-refractivity contribution in [3.63, 3.8) is 0 Å². The zero-order chi connectivity index (χ0) is 22.0. The maximum absolute atomic E-state index is 12.8. The standard InChI is InChI=1S/C23H23N5O2S/c1-5-14-31-23-24-21-20(25-26-23)18-8-6-7-9-19(18)28(15(2)29)22(30-21)16-10-12-17(13-11-16)27(3)4/h5-13,22H,1,14H2,2-4H3. The van der Waals surface area contributed by atoms with E-state index >= 15 is 0 Å². The molecule has 0 fully saturated rings. The van der Waals surface area contributed by atoms with Crippen molar-refractivity contribution in [2.75, 3.05) is 29.6 Å². The summed E-state index contributed by atoms with van der Waals surface area (Å²) in [4.78, 5) is 21.1. The molecule has 0 spiro atoms. The number of hydrogen-bond acceptors (Lipinski definition) is 7. The number of fused-ring (bicyclic) bond motifs is 3. The Morgan fingerprint density at radius 2 is 1.94 bits per heavy atom. The Balaban J connectivity index is 1.87. The molecule has 0 bridgehead atoms. The lowest BCUT2D eigenvalue weighted by Gasteiger charge is -2.30. The first-order chi connectivity index (χ1) is 15.0. The Kier molecular flexibility index (Phi) is 5.90. The van der Waals surface area contributed by atoms with Crippen LogP contribution in [0.15, 0.2) is 66.3 Å². The number of carbonyl (C=O) groups excluding carboxylic acids is 1. The number of carbonyl (C=O) groups is 1. The molecule has 1 aliphatic rings. The minimum Gasteiger partial charge on any atom is -0.447 e.